The summed E-state index contributed by atoms with van der Waals surface area (Å²) in [7, 11) is 0. The molecule has 0 unspecified atom stereocenters. The Morgan fingerprint density at radius 1 is 1.10 bits per heavy atom. The first-order valence-corrected chi connectivity index (χ1v) is 10.6. The number of rotatable bonds is 9. The van der Waals surface area contributed by atoms with Gasteiger partial charge < -0.3 is 19.7 Å². The number of hydrogen-bond donors (Lipinski definition) is 1. The molecule has 1 aliphatic rings. The average Bonchev–Trinajstić information content (AvgIpc) is 3.22. The lowest BCUT2D eigenvalue weighted by Gasteiger charge is -2.29. The third kappa shape index (κ3) is 5.66. The van der Waals surface area contributed by atoms with Crippen LogP contribution in [0.25, 0.3) is 0 Å². The maximum absolute atomic E-state index is 13.1. The van der Waals surface area contributed by atoms with E-state index in [1.54, 1.807) is 24.0 Å². The van der Waals surface area contributed by atoms with E-state index in [2.05, 4.69) is 5.32 Å². The second kappa shape index (κ2) is 10.3. The molecule has 0 aliphatic carbocycles. The van der Waals surface area contributed by atoms with E-state index in [4.69, 9.17) is 21.1 Å². The van der Waals surface area contributed by atoms with Crippen LogP contribution in [0.3, 0.4) is 0 Å². The zero-order chi connectivity index (χ0) is 21.5. The summed E-state index contributed by atoms with van der Waals surface area (Å²) in [4.78, 5) is 27.3. The molecule has 0 bridgehead atoms. The maximum atomic E-state index is 13.1. The molecule has 2 amide bonds. The van der Waals surface area contributed by atoms with Gasteiger partial charge in [-0.3, -0.25) is 9.59 Å². The lowest BCUT2D eigenvalue weighted by molar-refractivity contribution is -0.140. The Morgan fingerprint density at radius 2 is 1.80 bits per heavy atom. The van der Waals surface area contributed by atoms with Crippen LogP contribution in [0.15, 0.2) is 42.5 Å². The van der Waals surface area contributed by atoms with Gasteiger partial charge in [0.2, 0.25) is 18.6 Å². The van der Waals surface area contributed by atoms with Gasteiger partial charge in [0.05, 0.1) is 0 Å². The second-order valence-electron chi connectivity index (χ2n) is 7.30. The van der Waals surface area contributed by atoms with E-state index in [-0.39, 0.29) is 18.6 Å². The third-order valence-electron chi connectivity index (χ3n) is 5.05. The Bertz CT molecular complexity index is 885. The summed E-state index contributed by atoms with van der Waals surface area (Å²) in [5.74, 6) is 1.19. The summed E-state index contributed by atoms with van der Waals surface area (Å²) in [6.07, 6.45) is 1.68. The first-order chi connectivity index (χ1) is 14.5. The Morgan fingerprint density at radius 3 is 2.53 bits per heavy atom. The Balaban J connectivity index is 1.69. The zero-order valence-electron chi connectivity index (χ0n) is 17.3. The molecule has 2 aromatic rings. The predicted octanol–water partition coefficient (Wildman–Crippen LogP) is 3.94. The minimum Gasteiger partial charge on any atom is -0.454 e. The van der Waals surface area contributed by atoms with Crippen LogP contribution < -0.4 is 14.8 Å². The summed E-state index contributed by atoms with van der Waals surface area (Å²) < 4.78 is 10.7. The number of ether oxygens (including phenoxy) is 2. The van der Waals surface area contributed by atoms with Crippen LogP contribution in [0, 0.1) is 0 Å². The summed E-state index contributed by atoms with van der Waals surface area (Å²) >= 11 is 5.97. The van der Waals surface area contributed by atoms with E-state index in [0.717, 1.165) is 23.3 Å². The highest BCUT2D eigenvalue weighted by atomic mass is 35.5. The quantitative estimate of drug-likeness (QED) is 0.654. The first kappa shape index (κ1) is 22.0. The molecule has 1 aliphatic heterocycles. The number of carbonyl (C=O) groups excluding carboxylic acids is 2. The van der Waals surface area contributed by atoms with Crippen molar-refractivity contribution >= 4 is 23.4 Å². The van der Waals surface area contributed by atoms with Crippen molar-refractivity contribution in [2.45, 2.75) is 45.7 Å². The van der Waals surface area contributed by atoms with Gasteiger partial charge in [-0.2, -0.15) is 0 Å². The van der Waals surface area contributed by atoms with Gasteiger partial charge >= 0.3 is 0 Å². The van der Waals surface area contributed by atoms with Gasteiger partial charge in [-0.05, 0) is 55.2 Å². The smallest absolute Gasteiger partial charge is 0.242 e. The van der Waals surface area contributed by atoms with Crippen molar-refractivity contribution in [2.24, 2.45) is 0 Å². The molecule has 0 aromatic heterocycles. The van der Waals surface area contributed by atoms with Gasteiger partial charge in [-0.1, -0.05) is 36.7 Å². The first-order valence-electron chi connectivity index (χ1n) is 10.2. The van der Waals surface area contributed by atoms with Crippen molar-refractivity contribution < 1.29 is 19.1 Å². The predicted molar refractivity (Wildman–Crippen MR) is 116 cm³/mol. The molecule has 3 rings (SSSR count). The van der Waals surface area contributed by atoms with E-state index < -0.39 is 6.04 Å². The molecule has 30 heavy (non-hydrogen) atoms. The van der Waals surface area contributed by atoms with E-state index in [9.17, 15) is 9.59 Å². The molecule has 1 atom stereocenters. The number of nitrogens with one attached hydrogen (secondary N) is 1. The number of nitrogens with zero attached hydrogens (tertiary/aromatic N) is 1. The molecular weight excluding hydrogens is 404 g/mol. The summed E-state index contributed by atoms with van der Waals surface area (Å²) in [6.45, 7) is 4.91. The standard InChI is InChI=1S/C23H27ClN2O4/c1-3-12-25-23(28)16(2)26(14-18-4-8-19(24)9-5-18)22(27)11-7-17-6-10-20-21(13-17)30-15-29-20/h4-6,8-10,13,16H,3,7,11-12,14-15H2,1-2H3,(H,25,28)/t16-/m1/s1. The third-order valence-corrected chi connectivity index (χ3v) is 5.30. The highest BCUT2D eigenvalue weighted by Gasteiger charge is 2.26. The fourth-order valence-corrected chi connectivity index (χ4v) is 3.38. The summed E-state index contributed by atoms with van der Waals surface area (Å²) in [5, 5.41) is 3.51. The number of hydrogen-bond acceptors (Lipinski definition) is 4. The number of benzene rings is 2. The fourth-order valence-electron chi connectivity index (χ4n) is 3.26. The van der Waals surface area contributed by atoms with E-state index >= 15 is 0 Å². The van der Waals surface area contributed by atoms with Crippen molar-refractivity contribution in [3.8, 4) is 11.5 Å². The second-order valence-corrected chi connectivity index (χ2v) is 7.74. The summed E-state index contributed by atoms with van der Waals surface area (Å²) in [6, 6.07) is 12.4. The molecule has 6 nitrogen and oxygen atoms in total. The monoisotopic (exact) mass is 430 g/mol. The van der Waals surface area contributed by atoms with Crippen LogP contribution in [0.4, 0.5) is 0 Å². The van der Waals surface area contributed by atoms with Gasteiger partial charge in [-0.15, -0.1) is 0 Å². The summed E-state index contributed by atoms with van der Waals surface area (Å²) in [5.41, 5.74) is 1.91. The molecule has 0 saturated heterocycles. The van der Waals surface area contributed by atoms with Crippen LogP contribution in [0.1, 0.15) is 37.8 Å². The minimum atomic E-state index is -0.573. The maximum Gasteiger partial charge on any atom is 0.242 e. The van der Waals surface area contributed by atoms with Gasteiger partial charge in [0.15, 0.2) is 11.5 Å². The number of halogens is 1. The SMILES string of the molecule is CCCNC(=O)[C@@H](C)N(Cc1ccc(Cl)cc1)C(=O)CCc1ccc2c(c1)OCO2. The van der Waals surface area contributed by atoms with Crippen molar-refractivity contribution in [2.75, 3.05) is 13.3 Å². The van der Waals surface area contributed by atoms with E-state index in [1.807, 2.05) is 37.3 Å². The lowest BCUT2D eigenvalue weighted by Crippen LogP contribution is -2.47. The molecule has 2 aromatic carbocycles. The average molecular weight is 431 g/mol. The van der Waals surface area contributed by atoms with E-state index in [0.29, 0.717) is 36.7 Å². The highest BCUT2D eigenvalue weighted by molar-refractivity contribution is 6.30. The van der Waals surface area contributed by atoms with Crippen LogP contribution in [-0.4, -0.2) is 36.1 Å². The van der Waals surface area contributed by atoms with Crippen LogP contribution in [0.2, 0.25) is 5.02 Å². The van der Waals surface area contributed by atoms with Gasteiger partial charge in [0, 0.05) is 24.5 Å². The van der Waals surface area contributed by atoms with Crippen molar-refractivity contribution in [1.82, 2.24) is 10.2 Å². The number of aryl methyl sites for hydroxylation is 1. The Labute approximate surface area is 182 Å². The minimum absolute atomic E-state index is 0.0817. The van der Waals surface area contributed by atoms with Gasteiger partial charge in [-0.25, -0.2) is 0 Å². The largest absolute Gasteiger partial charge is 0.454 e. The van der Waals surface area contributed by atoms with Crippen LogP contribution in [0.5, 0.6) is 11.5 Å². The number of amides is 2. The molecule has 1 N–H and O–H groups in total. The topological polar surface area (TPSA) is 67.9 Å². The Kier molecular flexibility index (Phi) is 7.57. The highest BCUT2D eigenvalue weighted by Crippen LogP contribution is 2.32. The number of fused-ring (bicyclic) bond motifs is 1. The lowest BCUT2D eigenvalue weighted by atomic mass is 10.1. The number of carbonyl (C=O) groups is 2. The van der Waals surface area contributed by atoms with Gasteiger partial charge in [0.1, 0.15) is 6.04 Å². The van der Waals surface area contributed by atoms with Crippen LogP contribution >= 0.6 is 11.6 Å². The molecule has 160 valence electrons. The normalized spacial score (nSPS) is 13.0. The molecule has 0 fully saturated rings. The molecule has 7 heteroatoms. The molecular formula is C23H27ClN2O4. The zero-order valence-corrected chi connectivity index (χ0v) is 18.1. The van der Waals surface area contributed by atoms with Gasteiger partial charge in [0.25, 0.3) is 0 Å². The fraction of sp³-hybridized carbons (Fsp3) is 0.391. The molecule has 1 heterocycles. The van der Waals surface area contributed by atoms with Crippen molar-refractivity contribution in [1.29, 1.82) is 0 Å². The van der Waals surface area contributed by atoms with Crippen LogP contribution in [-0.2, 0) is 22.6 Å². The molecule has 0 spiro atoms. The molecule has 0 saturated carbocycles. The van der Waals surface area contributed by atoms with Crippen molar-refractivity contribution in [3.05, 3.63) is 58.6 Å². The van der Waals surface area contributed by atoms with Crippen molar-refractivity contribution in [3.63, 3.8) is 0 Å². The van der Waals surface area contributed by atoms with E-state index in [1.165, 1.54) is 0 Å². The molecule has 0 radical (unpaired) electrons. The Hall–Kier alpha value is -2.73.